The molecule has 1 aromatic rings. The summed E-state index contributed by atoms with van der Waals surface area (Å²) in [4.78, 5) is 0. The van der Waals surface area contributed by atoms with Crippen LogP contribution in [0.5, 0.6) is 11.5 Å². The highest BCUT2D eigenvalue weighted by Gasteiger charge is 2.11. The van der Waals surface area contributed by atoms with Gasteiger partial charge in [-0.1, -0.05) is 12.1 Å². The first kappa shape index (κ1) is 10.9. The molecule has 0 amide bonds. The fraction of sp³-hybridized carbons (Fsp3) is 0.455. The zero-order valence-electron chi connectivity index (χ0n) is 8.87. The molecule has 0 bridgehead atoms. The zero-order chi connectivity index (χ0) is 10.7. The summed E-state index contributed by atoms with van der Waals surface area (Å²) in [7, 11) is 1.55. The van der Waals surface area contributed by atoms with Gasteiger partial charge in [-0.25, -0.2) is 0 Å². The molecule has 3 nitrogen and oxygen atoms in total. The lowest BCUT2D eigenvalue weighted by molar-refractivity contribution is 0.366. The van der Waals surface area contributed by atoms with Crippen LogP contribution in [0.4, 0.5) is 0 Å². The number of hydrogen-bond acceptors (Lipinski definition) is 3. The topological polar surface area (TPSA) is 55.5 Å². The number of methoxy groups -OCH3 is 1. The normalized spacial score (nSPS) is 12.6. The number of ether oxygens (including phenoxy) is 1. The van der Waals surface area contributed by atoms with Crippen molar-refractivity contribution in [2.45, 2.75) is 26.3 Å². The molecule has 0 radical (unpaired) electrons. The van der Waals surface area contributed by atoms with Gasteiger partial charge in [-0.05, 0) is 31.4 Å². The van der Waals surface area contributed by atoms with Crippen molar-refractivity contribution in [2.75, 3.05) is 7.11 Å². The summed E-state index contributed by atoms with van der Waals surface area (Å²) < 4.78 is 5.15. The predicted octanol–water partition coefficient (Wildman–Crippen LogP) is 1.60. The molecule has 14 heavy (non-hydrogen) atoms. The van der Waals surface area contributed by atoms with E-state index in [9.17, 15) is 5.11 Å². The van der Waals surface area contributed by atoms with Gasteiger partial charge in [0.25, 0.3) is 0 Å². The second-order valence-corrected chi connectivity index (χ2v) is 3.60. The van der Waals surface area contributed by atoms with Gasteiger partial charge in [0, 0.05) is 6.04 Å². The minimum Gasteiger partial charge on any atom is -0.504 e. The number of rotatable bonds is 3. The molecule has 0 aliphatic carbocycles. The Morgan fingerprint density at radius 2 is 2.14 bits per heavy atom. The molecule has 78 valence electrons. The Labute approximate surface area is 84.5 Å². The lowest BCUT2D eigenvalue weighted by Crippen LogP contribution is -2.18. The number of hydrogen-bond donors (Lipinski definition) is 2. The third kappa shape index (κ3) is 2.17. The number of nitrogens with two attached hydrogens (primary N) is 1. The van der Waals surface area contributed by atoms with Crippen molar-refractivity contribution in [2.24, 2.45) is 5.73 Å². The van der Waals surface area contributed by atoms with Gasteiger partial charge in [-0.2, -0.15) is 0 Å². The second kappa shape index (κ2) is 4.33. The van der Waals surface area contributed by atoms with Crippen LogP contribution in [0.3, 0.4) is 0 Å². The standard InChI is InChI=1S/C11H17NO2/c1-7-4-5-9(6-8(2)12)11(14-3)10(7)13/h4-5,8,13H,6,12H2,1-3H3. The average molecular weight is 195 g/mol. The van der Waals surface area contributed by atoms with Crippen LogP contribution in [-0.4, -0.2) is 18.3 Å². The molecule has 1 aromatic carbocycles. The van der Waals surface area contributed by atoms with E-state index in [1.807, 2.05) is 26.0 Å². The van der Waals surface area contributed by atoms with Gasteiger partial charge in [0.1, 0.15) is 0 Å². The van der Waals surface area contributed by atoms with E-state index in [4.69, 9.17) is 10.5 Å². The molecule has 0 aliphatic rings. The second-order valence-electron chi connectivity index (χ2n) is 3.60. The first-order valence-electron chi connectivity index (χ1n) is 4.67. The molecule has 0 aromatic heterocycles. The van der Waals surface area contributed by atoms with Gasteiger partial charge in [-0.3, -0.25) is 0 Å². The molecule has 0 saturated heterocycles. The van der Waals surface area contributed by atoms with E-state index in [2.05, 4.69) is 0 Å². The molecule has 0 heterocycles. The molecule has 0 spiro atoms. The van der Waals surface area contributed by atoms with E-state index < -0.39 is 0 Å². The maximum absolute atomic E-state index is 9.73. The number of aryl methyl sites for hydroxylation is 1. The molecule has 1 rings (SSSR count). The first-order chi connectivity index (χ1) is 6.56. The Hall–Kier alpha value is -1.22. The fourth-order valence-electron chi connectivity index (χ4n) is 1.45. The zero-order valence-corrected chi connectivity index (χ0v) is 8.87. The Morgan fingerprint density at radius 1 is 1.50 bits per heavy atom. The summed E-state index contributed by atoms with van der Waals surface area (Å²) in [5, 5.41) is 9.73. The number of phenolic OH excluding ortho intramolecular Hbond substituents is 1. The maximum Gasteiger partial charge on any atom is 0.163 e. The monoisotopic (exact) mass is 195 g/mol. The van der Waals surface area contributed by atoms with Crippen LogP contribution in [-0.2, 0) is 6.42 Å². The van der Waals surface area contributed by atoms with Crippen molar-refractivity contribution in [3.8, 4) is 11.5 Å². The average Bonchev–Trinajstić information content (AvgIpc) is 2.11. The summed E-state index contributed by atoms with van der Waals surface area (Å²) in [6.07, 6.45) is 0.705. The number of aromatic hydroxyl groups is 1. The smallest absolute Gasteiger partial charge is 0.163 e. The molecule has 3 N–H and O–H groups in total. The number of phenols is 1. The van der Waals surface area contributed by atoms with E-state index in [1.54, 1.807) is 7.11 Å². The Balaban J connectivity index is 3.10. The van der Waals surface area contributed by atoms with Crippen molar-refractivity contribution in [3.05, 3.63) is 23.3 Å². The van der Waals surface area contributed by atoms with Gasteiger partial charge >= 0.3 is 0 Å². The largest absolute Gasteiger partial charge is 0.504 e. The van der Waals surface area contributed by atoms with Crippen LogP contribution in [0.1, 0.15) is 18.1 Å². The quantitative estimate of drug-likeness (QED) is 0.770. The van der Waals surface area contributed by atoms with E-state index in [1.165, 1.54) is 0 Å². The van der Waals surface area contributed by atoms with E-state index >= 15 is 0 Å². The summed E-state index contributed by atoms with van der Waals surface area (Å²) in [5.74, 6) is 0.757. The third-order valence-corrected chi connectivity index (χ3v) is 2.16. The van der Waals surface area contributed by atoms with Gasteiger partial charge in [-0.15, -0.1) is 0 Å². The van der Waals surface area contributed by atoms with Crippen LogP contribution >= 0.6 is 0 Å². The van der Waals surface area contributed by atoms with Crippen molar-refractivity contribution in [1.82, 2.24) is 0 Å². The predicted molar refractivity (Wildman–Crippen MR) is 56.7 cm³/mol. The Morgan fingerprint density at radius 3 is 2.64 bits per heavy atom. The van der Waals surface area contributed by atoms with Gasteiger partial charge in [0.15, 0.2) is 11.5 Å². The molecule has 0 saturated carbocycles. The van der Waals surface area contributed by atoms with Crippen molar-refractivity contribution in [1.29, 1.82) is 0 Å². The van der Waals surface area contributed by atoms with Crippen LogP contribution in [0.2, 0.25) is 0 Å². The van der Waals surface area contributed by atoms with Crippen LogP contribution in [0.25, 0.3) is 0 Å². The third-order valence-electron chi connectivity index (χ3n) is 2.16. The Bertz CT molecular complexity index is 321. The lowest BCUT2D eigenvalue weighted by Gasteiger charge is -2.13. The molecule has 0 aliphatic heterocycles. The first-order valence-corrected chi connectivity index (χ1v) is 4.67. The van der Waals surface area contributed by atoms with Crippen LogP contribution < -0.4 is 10.5 Å². The van der Waals surface area contributed by atoms with Crippen LogP contribution in [0, 0.1) is 6.92 Å². The van der Waals surface area contributed by atoms with Crippen molar-refractivity contribution < 1.29 is 9.84 Å². The van der Waals surface area contributed by atoms with E-state index in [-0.39, 0.29) is 11.8 Å². The molecule has 3 heteroatoms. The maximum atomic E-state index is 9.73. The highest BCUT2D eigenvalue weighted by atomic mass is 16.5. The van der Waals surface area contributed by atoms with Gasteiger partial charge < -0.3 is 15.6 Å². The summed E-state index contributed by atoms with van der Waals surface area (Å²) in [5.41, 5.74) is 7.46. The van der Waals surface area contributed by atoms with Crippen LogP contribution in [0.15, 0.2) is 12.1 Å². The van der Waals surface area contributed by atoms with Gasteiger partial charge in [0.05, 0.1) is 7.11 Å². The Kier molecular flexibility index (Phi) is 3.36. The molecular formula is C11H17NO2. The van der Waals surface area contributed by atoms with Gasteiger partial charge in [0.2, 0.25) is 0 Å². The summed E-state index contributed by atoms with van der Waals surface area (Å²) in [6, 6.07) is 3.87. The highest BCUT2D eigenvalue weighted by molar-refractivity contribution is 5.50. The van der Waals surface area contributed by atoms with Crippen molar-refractivity contribution in [3.63, 3.8) is 0 Å². The SMILES string of the molecule is COc1c(CC(C)N)ccc(C)c1O. The fourth-order valence-corrected chi connectivity index (χ4v) is 1.45. The molecular weight excluding hydrogens is 178 g/mol. The number of benzene rings is 1. The molecule has 1 atom stereocenters. The summed E-state index contributed by atoms with van der Waals surface area (Å²) >= 11 is 0. The van der Waals surface area contributed by atoms with E-state index in [0.29, 0.717) is 12.2 Å². The van der Waals surface area contributed by atoms with E-state index in [0.717, 1.165) is 11.1 Å². The molecule has 0 fully saturated rings. The minimum absolute atomic E-state index is 0.0611. The highest BCUT2D eigenvalue weighted by Crippen LogP contribution is 2.33. The van der Waals surface area contributed by atoms with Crippen molar-refractivity contribution >= 4 is 0 Å². The summed E-state index contributed by atoms with van der Waals surface area (Å²) in [6.45, 7) is 3.77. The lowest BCUT2D eigenvalue weighted by atomic mass is 10.0. The minimum atomic E-state index is 0.0611. The molecule has 1 unspecified atom stereocenters.